The number of hydrogen-bond acceptors (Lipinski definition) is 5. The summed E-state index contributed by atoms with van der Waals surface area (Å²) in [6, 6.07) is 11.6. The summed E-state index contributed by atoms with van der Waals surface area (Å²) in [4.78, 5) is 21.1. The Kier molecular flexibility index (Phi) is 7.03. The van der Waals surface area contributed by atoms with Crippen molar-refractivity contribution in [2.24, 2.45) is 0 Å². The number of pyridine rings is 1. The lowest BCUT2D eigenvalue weighted by atomic mass is 10.2. The predicted octanol–water partition coefficient (Wildman–Crippen LogP) is 2.85. The third kappa shape index (κ3) is 5.33. The summed E-state index contributed by atoms with van der Waals surface area (Å²) in [5.41, 5.74) is 2.08. The number of piperazine rings is 1. The minimum atomic E-state index is -0.00271. The van der Waals surface area contributed by atoms with E-state index in [1.165, 1.54) is 0 Å². The van der Waals surface area contributed by atoms with E-state index in [0.29, 0.717) is 24.6 Å². The molecular weight excluding hydrogens is 354 g/mol. The zero-order valence-corrected chi connectivity index (χ0v) is 16.5. The number of hydrogen-bond donors (Lipinski definition) is 0. The number of methoxy groups -OCH3 is 1. The first-order valence-electron chi connectivity index (χ1n) is 9.53. The highest BCUT2D eigenvalue weighted by atomic mass is 16.5. The quantitative estimate of drug-likeness (QED) is 0.738. The van der Waals surface area contributed by atoms with E-state index < -0.39 is 0 Å². The Morgan fingerprint density at radius 2 is 1.96 bits per heavy atom. The molecule has 0 N–H and O–H groups in total. The molecule has 0 radical (unpaired) electrons. The molecule has 2 aromatic rings. The van der Waals surface area contributed by atoms with Crippen LogP contribution in [0.25, 0.3) is 6.08 Å². The van der Waals surface area contributed by atoms with E-state index in [4.69, 9.17) is 9.47 Å². The second-order valence-electron chi connectivity index (χ2n) is 6.68. The molecule has 1 aliphatic rings. The molecule has 0 unspecified atom stereocenters. The van der Waals surface area contributed by atoms with Gasteiger partial charge in [-0.15, -0.1) is 0 Å². The molecule has 0 aliphatic carbocycles. The predicted molar refractivity (Wildman–Crippen MR) is 109 cm³/mol. The largest absolute Gasteiger partial charge is 0.493 e. The number of aromatic nitrogens is 1. The summed E-state index contributed by atoms with van der Waals surface area (Å²) in [6.45, 7) is 5.87. The van der Waals surface area contributed by atoms with Crippen molar-refractivity contribution in [2.75, 3.05) is 39.9 Å². The van der Waals surface area contributed by atoms with Crippen LogP contribution in [0.2, 0.25) is 0 Å². The Labute approximate surface area is 166 Å². The minimum Gasteiger partial charge on any atom is -0.493 e. The van der Waals surface area contributed by atoms with Gasteiger partial charge in [-0.2, -0.15) is 0 Å². The van der Waals surface area contributed by atoms with Crippen LogP contribution < -0.4 is 9.47 Å². The molecule has 1 aliphatic heterocycles. The fourth-order valence-corrected chi connectivity index (χ4v) is 3.21. The monoisotopic (exact) mass is 381 g/mol. The second-order valence-corrected chi connectivity index (χ2v) is 6.68. The zero-order chi connectivity index (χ0) is 19.8. The third-order valence-electron chi connectivity index (χ3n) is 4.73. The van der Waals surface area contributed by atoms with Crippen LogP contribution in [0.5, 0.6) is 11.5 Å². The molecule has 28 heavy (non-hydrogen) atoms. The number of rotatable bonds is 7. The minimum absolute atomic E-state index is 0.00271. The fraction of sp³-hybridized carbons (Fsp3) is 0.364. The van der Waals surface area contributed by atoms with E-state index >= 15 is 0 Å². The summed E-state index contributed by atoms with van der Waals surface area (Å²) in [5.74, 6) is 1.21. The van der Waals surface area contributed by atoms with E-state index in [2.05, 4.69) is 9.88 Å². The Morgan fingerprint density at radius 1 is 1.14 bits per heavy atom. The van der Waals surface area contributed by atoms with Crippen molar-refractivity contribution < 1.29 is 14.3 Å². The van der Waals surface area contributed by atoms with Crippen molar-refractivity contribution in [3.63, 3.8) is 0 Å². The van der Waals surface area contributed by atoms with Crippen LogP contribution >= 0.6 is 0 Å². The van der Waals surface area contributed by atoms with Gasteiger partial charge in [0, 0.05) is 38.9 Å². The molecule has 1 aromatic carbocycles. The van der Waals surface area contributed by atoms with Gasteiger partial charge < -0.3 is 14.4 Å². The third-order valence-corrected chi connectivity index (χ3v) is 4.73. The number of amides is 1. The fourth-order valence-electron chi connectivity index (χ4n) is 3.21. The van der Waals surface area contributed by atoms with Crippen molar-refractivity contribution in [2.45, 2.75) is 13.5 Å². The van der Waals surface area contributed by atoms with Crippen molar-refractivity contribution in [1.29, 1.82) is 0 Å². The molecule has 0 saturated carbocycles. The van der Waals surface area contributed by atoms with E-state index in [0.717, 1.165) is 30.9 Å². The van der Waals surface area contributed by atoms with Gasteiger partial charge >= 0.3 is 0 Å². The lowest BCUT2D eigenvalue weighted by molar-refractivity contribution is -0.135. The lowest BCUT2D eigenvalue weighted by Crippen LogP contribution is -2.49. The number of carbonyl (C=O) groups is 1. The van der Waals surface area contributed by atoms with Crippen molar-refractivity contribution in [3.05, 3.63) is 59.9 Å². The molecule has 6 nitrogen and oxygen atoms in total. The van der Waals surface area contributed by atoms with E-state index in [-0.39, 0.29) is 12.5 Å². The molecule has 1 amide bonds. The van der Waals surface area contributed by atoms with Crippen LogP contribution in [-0.4, -0.2) is 60.6 Å². The Morgan fingerprint density at radius 3 is 2.64 bits per heavy atom. The standard InChI is InChI=1S/C22H27N3O3/c1-3-6-18-8-9-20(21(15-18)27-2)28-17-22(26)25-13-11-24(12-14-25)16-19-7-4-5-10-23-19/h3-10,15H,11-14,16-17H2,1-2H3/b6-3+. The molecule has 1 aromatic heterocycles. The van der Waals surface area contributed by atoms with Gasteiger partial charge in [-0.05, 0) is 36.8 Å². The first-order valence-corrected chi connectivity index (χ1v) is 9.53. The van der Waals surface area contributed by atoms with Gasteiger partial charge in [-0.1, -0.05) is 24.3 Å². The molecular formula is C22H27N3O3. The molecule has 0 bridgehead atoms. The van der Waals surface area contributed by atoms with Gasteiger partial charge in [0.2, 0.25) is 0 Å². The van der Waals surface area contributed by atoms with E-state index in [1.807, 2.05) is 66.6 Å². The Balaban J connectivity index is 1.48. The maximum Gasteiger partial charge on any atom is 0.260 e. The van der Waals surface area contributed by atoms with Crippen molar-refractivity contribution in [3.8, 4) is 11.5 Å². The molecule has 6 heteroatoms. The van der Waals surface area contributed by atoms with Crippen LogP contribution in [0.1, 0.15) is 18.2 Å². The molecule has 1 fully saturated rings. The van der Waals surface area contributed by atoms with Crippen LogP contribution in [0.3, 0.4) is 0 Å². The average Bonchev–Trinajstić information content (AvgIpc) is 2.74. The van der Waals surface area contributed by atoms with E-state index in [9.17, 15) is 4.79 Å². The highest BCUT2D eigenvalue weighted by molar-refractivity contribution is 5.78. The number of ether oxygens (including phenoxy) is 2. The molecule has 0 spiro atoms. The maximum absolute atomic E-state index is 12.5. The molecule has 2 heterocycles. The lowest BCUT2D eigenvalue weighted by Gasteiger charge is -2.34. The maximum atomic E-state index is 12.5. The highest BCUT2D eigenvalue weighted by Crippen LogP contribution is 2.28. The summed E-state index contributed by atoms with van der Waals surface area (Å²) < 4.78 is 11.1. The van der Waals surface area contributed by atoms with Gasteiger partial charge in [0.05, 0.1) is 12.8 Å². The topological polar surface area (TPSA) is 54.9 Å². The van der Waals surface area contributed by atoms with Crippen molar-refractivity contribution in [1.82, 2.24) is 14.8 Å². The second kappa shape index (κ2) is 9.90. The van der Waals surface area contributed by atoms with Crippen LogP contribution in [0.4, 0.5) is 0 Å². The summed E-state index contributed by atoms with van der Waals surface area (Å²) in [6.07, 6.45) is 5.76. The highest BCUT2D eigenvalue weighted by Gasteiger charge is 2.22. The SMILES string of the molecule is C/C=C/c1ccc(OCC(=O)N2CCN(Cc3ccccn3)CC2)c(OC)c1. The summed E-state index contributed by atoms with van der Waals surface area (Å²) in [7, 11) is 1.60. The number of nitrogens with zero attached hydrogens (tertiary/aromatic N) is 3. The zero-order valence-electron chi connectivity index (χ0n) is 16.5. The Bertz CT molecular complexity index is 800. The first kappa shape index (κ1) is 19.9. The van der Waals surface area contributed by atoms with Gasteiger partial charge in [-0.25, -0.2) is 0 Å². The van der Waals surface area contributed by atoms with Crippen LogP contribution in [-0.2, 0) is 11.3 Å². The van der Waals surface area contributed by atoms with Gasteiger partial charge in [0.1, 0.15) is 0 Å². The normalized spacial score (nSPS) is 15.0. The van der Waals surface area contributed by atoms with Gasteiger partial charge in [-0.3, -0.25) is 14.7 Å². The smallest absolute Gasteiger partial charge is 0.260 e. The van der Waals surface area contributed by atoms with E-state index in [1.54, 1.807) is 7.11 Å². The molecule has 0 atom stereocenters. The first-order chi connectivity index (χ1) is 13.7. The number of carbonyl (C=O) groups excluding carboxylic acids is 1. The summed E-state index contributed by atoms with van der Waals surface area (Å²) in [5, 5.41) is 0. The molecule has 148 valence electrons. The number of benzene rings is 1. The molecule has 1 saturated heterocycles. The molecule has 3 rings (SSSR count). The van der Waals surface area contributed by atoms with Crippen molar-refractivity contribution >= 4 is 12.0 Å². The van der Waals surface area contributed by atoms with Gasteiger partial charge in [0.15, 0.2) is 18.1 Å². The van der Waals surface area contributed by atoms with Crippen LogP contribution in [0.15, 0.2) is 48.7 Å². The Hall–Kier alpha value is -2.86. The van der Waals surface area contributed by atoms with Gasteiger partial charge in [0.25, 0.3) is 5.91 Å². The summed E-state index contributed by atoms with van der Waals surface area (Å²) >= 11 is 0. The average molecular weight is 381 g/mol. The van der Waals surface area contributed by atoms with Crippen LogP contribution in [0, 0.1) is 0 Å². The number of allylic oxidation sites excluding steroid dienone is 1.